The summed E-state index contributed by atoms with van der Waals surface area (Å²) in [5, 5.41) is 0.300. The van der Waals surface area contributed by atoms with Crippen molar-refractivity contribution < 1.29 is 14.3 Å². The van der Waals surface area contributed by atoms with Gasteiger partial charge in [0.05, 0.1) is 18.2 Å². The van der Waals surface area contributed by atoms with Crippen molar-refractivity contribution in [3.63, 3.8) is 0 Å². The third kappa shape index (κ3) is 5.33. The van der Waals surface area contributed by atoms with Gasteiger partial charge in [-0.15, -0.1) is 0 Å². The van der Waals surface area contributed by atoms with Gasteiger partial charge in [0.2, 0.25) is 0 Å². The Hall–Kier alpha value is -1.51. The molecular weight excluding hydrogens is 286 g/mol. The van der Waals surface area contributed by atoms with Gasteiger partial charge in [0.1, 0.15) is 5.15 Å². The molecule has 100 valence electrons. The van der Waals surface area contributed by atoms with Crippen LogP contribution in [-0.2, 0) is 9.53 Å². The van der Waals surface area contributed by atoms with E-state index in [1.807, 2.05) is 0 Å². The van der Waals surface area contributed by atoms with Crippen LogP contribution in [0.2, 0.25) is 5.15 Å². The third-order valence-electron chi connectivity index (χ3n) is 2.02. The van der Waals surface area contributed by atoms with E-state index in [2.05, 4.69) is 21.6 Å². The fraction of sp³-hybridized carbons (Fsp3) is 0.308. The molecule has 1 heterocycles. The molecule has 0 aliphatic rings. The SMILES string of the molecule is COC(=O)c1cnc(Cl)c(C#CCCSC(C)=O)c1. The maximum atomic E-state index is 11.3. The molecule has 1 rings (SSSR count). The van der Waals surface area contributed by atoms with Crippen molar-refractivity contribution in [1.29, 1.82) is 0 Å². The van der Waals surface area contributed by atoms with E-state index in [9.17, 15) is 9.59 Å². The molecule has 0 aliphatic carbocycles. The van der Waals surface area contributed by atoms with Crippen molar-refractivity contribution in [3.05, 3.63) is 28.5 Å². The zero-order valence-electron chi connectivity index (χ0n) is 10.5. The fourth-order valence-electron chi connectivity index (χ4n) is 1.17. The summed E-state index contributed by atoms with van der Waals surface area (Å²) in [4.78, 5) is 25.9. The minimum absolute atomic E-state index is 0.0641. The third-order valence-corrected chi connectivity index (χ3v) is 3.13. The van der Waals surface area contributed by atoms with Crippen molar-refractivity contribution in [1.82, 2.24) is 4.98 Å². The van der Waals surface area contributed by atoms with Gasteiger partial charge in [0.25, 0.3) is 0 Å². The quantitative estimate of drug-likeness (QED) is 0.371. The number of nitrogens with zero attached hydrogens (tertiary/aromatic N) is 1. The van der Waals surface area contributed by atoms with Crippen LogP contribution in [-0.4, -0.2) is 28.9 Å². The standard InChI is InChI=1S/C13H12ClNO3S/c1-9(16)19-6-4-3-5-10-7-11(13(17)18-2)8-15-12(10)14/h7-8H,4,6H2,1-2H3. The predicted molar refractivity (Wildman–Crippen MR) is 75.2 cm³/mol. The maximum Gasteiger partial charge on any atom is 0.339 e. The van der Waals surface area contributed by atoms with Gasteiger partial charge in [-0.25, -0.2) is 9.78 Å². The topological polar surface area (TPSA) is 56.3 Å². The van der Waals surface area contributed by atoms with Crippen LogP contribution < -0.4 is 0 Å². The molecule has 0 saturated heterocycles. The Bertz CT molecular complexity index is 549. The van der Waals surface area contributed by atoms with Crippen LogP contribution in [0.5, 0.6) is 0 Å². The predicted octanol–water partition coefficient (Wildman–Crippen LogP) is 2.54. The van der Waals surface area contributed by atoms with Crippen LogP contribution in [0, 0.1) is 11.8 Å². The van der Waals surface area contributed by atoms with Gasteiger partial charge in [0.15, 0.2) is 5.12 Å². The Labute approximate surface area is 120 Å². The first kappa shape index (κ1) is 15.5. The normalized spacial score (nSPS) is 9.42. The molecular formula is C13H12ClNO3S. The fourth-order valence-corrected chi connectivity index (χ4v) is 1.81. The van der Waals surface area contributed by atoms with Gasteiger partial charge in [-0.05, 0) is 6.07 Å². The zero-order chi connectivity index (χ0) is 14.3. The number of ether oxygens (including phenoxy) is 1. The minimum atomic E-state index is -0.487. The van der Waals surface area contributed by atoms with Crippen LogP contribution in [0.1, 0.15) is 29.3 Å². The summed E-state index contributed by atoms with van der Waals surface area (Å²) in [7, 11) is 1.29. The molecule has 0 bridgehead atoms. The highest BCUT2D eigenvalue weighted by Crippen LogP contribution is 2.14. The molecule has 1 aromatic heterocycles. The van der Waals surface area contributed by atoms with E-state index in [-0.39, 0.29) is 10.3 Å². The number of rotatable bonds is 3. The van der Waals surface area contributed by atoms with E-state index < -0.39 is 5.97 Å². The highest BCUT2D eigenvalue weighted by atomic mass is 35.5. The van der Waals surface area contributed by atoms with Crippen molar-refractivity contribution >= 4 is 34.4 Å². The second-order valence-corrected chi connectivity index (χ2v) is 5.08. The lowest BCUT2D eigenvalue weighted by Gasteiger charge is -2.00. The lowest BCUT2D eigenvalue weighted by Crippen LogP contribution is -2.02. The van der Waals surface area contributed by atoms with Gasteiger partial charge in [-0.2, -0.15) is 0 Å². The average Bonchev–Trinajstić information content (AvgIpc) is 2.39. The Morgan fingerprint density at radius 2 is 2.26 bits per heavy atom. The van der Waals surface area contributed by atoms with Crippen LogP contribution in [0.3, 0.4) is 0 Å². The lowest BCUT2D eigenvalue weighted by atomic mass is 10.2. The van der Waals surface area contributed by atoms with Crippen LogP contribution in [0.25, 0.3) is 0 Å². The van der Waals surface area contributed by atoms with E-state index in [0.29, 0.717) is 23.3 Å². The van der Waals surface area contributed by atoms with Crippen molar-refractivity contribution in [2.24, 2.45) is 0 Å². The number of aromatic nitrogens is 1. The number of hydrogen-bond acceptors (Lipinski definition) is 5. The summed E-state index contributed by atoms with van der Waals surface area (Å²) in [6, 6.07) is 1.53. The van der Waals surface area contributed by atoms with E-state index >= 15 is 0 Å². The number of esters is 1. The number of carbonyl (C=O) groups is 2. The maximum absolute atomic E-state index is 11.3. The molecule has 0 atom stereocenters. The molecule has 4 nitrogen and oxygen atoms in total. The largest absolute Gasteiger partial charge is 0.465 e. The van der Waals surface area contributed by atoms with Gasteiger partial charge in [-0.1, -0.05) is 35.2 Å². The van der Waals surface area contributed by atoms with E-state index in [4.69, 9.17) is 11.6 Å². The van der Waals surface area contributed by atoms with Crippen LogP contribution >= 0.6 is 23.4 Å². The molecule has 0 N–H and O–H groups in total. The van der Waals surface area contributed by atoms with Crippen molar-refractivity contribution in [2.75, 3.05) is 12.9 Å². The molecule has 0 spiro atoms. The molecule has 0 radical (unpaired) electrons. The van der Waals surface area contributed by atoms with Gasteiger partial charge in [-0.3, -0.25) is 4.79 Å². The van der Waals surface area contributed by atoms with Crippen molar-refractivity contribution in [3.8, 4) is 11.8 Å². The Morgan fingerprint density at radius 3 is 2.89 bits per heavy atom. The van der Waals surface area contributed by atoms with Gasteiger partial charge in [0, 0.05) is 25.3 Å². The Morgan fingerprint density at radius 1 is 1.53 bits per heavy atom. The van der Waals surface area contributed by atoms with E-state index in [1.54, 1.807) is 0 Å². The highest BCUT2D eigenvalue weighted by molar-refractivity contribution is 8.13. The molecule has 0 saturated carbocycles. The summed E-state index contributed by atoms with van der Waals surface area (Å²) in [5.74, 6) is 5.85. The van der Waals surface area contributed by atoms with Crippen molar-refractivity contribution in [2.45, 2.75) is 13.3 Å². The monoisotopic (exact) mass is 297 g/mol. The summed E-state index contributed by atoms with van der Waals surface area (Å²) in [6.07, 6.45) is 1.90. The number of carbonyl (C=O) groups excluding carboxylic acids is 2. The minimum Gasteiger partial charge on any atom is -0.465 e. The first-order valence-corrected chi connectivity index (χ1v) is 6.77. The van der Waals surface area contributed by atoms with Crippen LogP contribution in [0.4, 0.5) is 0 Å². The molecule has 1 aromatic rings. The summed E-state index contributed by atoms with van der Waals surface area (Å²) >= 11 is 7.10. The molecule has 19 heavy (non-hydrogen) atoms. The van der Waals surface area contributed by atoms with Crippen LogP contribution in [0.15, 0.2) is 12.3 Å². The number of pyridine rings is 1. The molecule has 0 fully saturated rings. The molecule has 0 aromatic carbocycles. The second kappa shape index (κ2) is 7.82. The molecule has 0 aliphatic heterocycles. The number of halogens is 1. The number of methoxy groups -OCH3 is 1. The molecule has 6 heteroatoms. The average molecular weight is 298 g/mol. The second-order valence-electron chi connectivity index (χ2n) is 3.45. The lowest BCUT2D eigenvalue weighted by molar-refractivity contribution is -0.109. The molecule has 0 amide bonds. The first-order valence-electron chi connectivity index (χ1n) is 5.40. The highest BCUT2D eigenvalue weighted by Gasteiger charge is 2.08. The van der Waals surface area contributed by atoms with E-state index in [1.165, 1.54) is 38.1 Å². The summed E-state index contributed by atoms with van der Waals surface area (Å²) in [5.41, 5.74) is 0.770. The van der Waals surface area contributed by atoms with E-state index in [0.717, 1.165) is 0 Å². The number of thioether (sulfide) groups is 1. The van der Waals surface area contributed by atoms with Gasteiger partial charge < -0.3 is 4.74 Å². The Balaban J connectivity index is 2.74. The van der Waals surface area contributed by atoms with Gasteiger partial charge >= 0.3 is 5.97 Å². The first-order chi connectivity index (χ1) is 9.04. The smallest absolute Gasteiger partial charge is 0.339 e. The summed E-state index contributed by atoms with van der Waals surface area (Å²) < 4.78 is 4.59. The number of hydrogen-bond donors (Lipinski definition) is 0. The Kier molecular flexibility index (Phi) is 6.40. The molecule has 0 unspecified atom stereocenters. The summed E-state index contributed by atoms with van der Waals surface area (Å²) in [6.45, 7) is 1.51. The zero-order valence-corrected chi connectivity index (χ0v) is 12.1.